The van der Waals surface area contributed by atoms with E-state index < -0.39 is 0 Å². The number of aryl methyl sites for hydroxylation is 2. The molecule has 2 nitrogen and oxygen atoms in total. The Labute approximate surface area is 129 Å². The highest BCUT2D eigenvalue weighted by Gasteiger charge is 2.25. The van der Waals surface area contributed by atoms with Gasteiger partial charge in [-0.05, 0) is 68.7 Å². The Morgan fingerprint density at radius 2 is 1.71 bits per heavy atom. The van der Waals surface area contributed by atoms with E-state index in [0.717, 1.165) is 24.4 Å². The van der Waals surface area contributed by atoms with Gasteiger partial charge >= 0.3 is 0 Å². The van der Waals surface area contributed by atoms with Crippen LogP contribution in [0.15, 0.2) is 18.2 Å². The third kappa shape index (κ3) is 4.87. The second-order valence-corrected chi connectivity index (χ2v) is 6.73. The van der Waals surface area contributed by atoms with E-state index in [-0.39, 0.29) is 11.8 Å². The van der Waals surface area contributed by atoms with E-state index in [2.05, 4.69) is 44.3 Å². The van der Waals surface area contributed by atoms with Crippen LogP contribution in [-0.2, 0) is 4.79 Å². The van der Waals surface area contributed by atoms with Crippen molar-refractivity contribution in [2.45, 2.75) is 65.7 Å². The number of anilines is 1. The maximum absolute atomic E-state index is 12.4. The molecule has 21 heavy (non-hydrogen) atoms. The van der Waals surface area contributed by atoms with Gasteiger partial charge in [0.1, 0.15) is 0 Å². The minimum Gasteiger partial charge on any atom is -0.326 e. The molecule has 1 fully saturated rings. The Morgan fingerprint density at radius 3 is 2.29 bits per heavy atom. The first kappa shape index (κ1) is 16.1. The fraction of sp³-hybridized carbons (Fsp3) is 0.632. The van der Waals surface area contributed by atoms with Crippen molar-refractivity contribution in [1.29, 1.82) is 0 Å². The minimum absolute atomic E-state index is 0.212. The second kappa shape index (κ2) is 7.63. The van der Waals surface area contributed by atoms with Gasteiger partial charge in [-0.25, -0.2) is 0 Å². The number of carbonyl (C=O) groups is 1. The Bertz CT molecular complexity index is 452. The number of rotatable bonds is 5. The lowest BCUT2D eigenvalue weighted by Crippen LogP contribution is -2.27. The van der Waals surface area contributed by atoms with Crippen LogP contribution in [-0.4, -0.2) is 5.91 Å². The Morgan fingerprint density at radius 1 is 1.10 bits per heavy atom. The first-order chi connectivity index (χ1) is 10.1. The van der Waals surface area contributed by atoms with E-state index in [1.807, 2.05) is 0 Å². The number of carbonyl (C=O) groups excluding carboxylic acids is 1. The molecular weight excluding hydrogens is 258 g/mol. The van der Waals surface area contributed by atoms with Gasteiger partial charge in [0.25, 0.3) is 0 Å². The number of nitrogens with one attached hydrogen (secondary N) is 1. The average Bonchev–Trinajstić information content (AvgIpc) is 2.44. The summed E-state index contributed by atoms with van der Waals surface area (Å²) in [6.07, 6.45) is 8.55. The topological polar surface area (TPSA) is 29.1 Å². The molecule has 0 bridgehead atoms. The minimum atomic E-state index is 0.212. The van der Waals surface area contributed by atoms with Crippen LogP contribution in [0.4, 0.5) is 5.69 Å². The van der Waals surface area contributed by atoms with Gasteiger partial charge in [-0.1, -0.05) is 32.3 Å². The van der Waals surface area contributed by atoms with Crippen LogP contribution in [0.1, 0.15) is 63.0 Å². The van der Waals surface area contributed by atoms with E-state index in [0.29, 0.717) is 0 Å². The van der Waals surface area contributed by atoms with Gasteiger partial charge in [-0.3, -0.25) is 4.79 Å². The van der Waals surface area contributed by atoms with Crippen molar-refractivity contribution in [2.75, 3.05) is 5.32 Å². The van der Waals surface area contributed by atoms with Crippen molar-refractivity contribution in [3.8, 4) is 0 Å². The lowest BCUT2D eigenvalue weighted by molar-refractivity contribution is -0.121. The molecule has 1 aliphatic carbocycles. The lowest BCUT2D eigenvalue weighted by atomic mass is 9.79. The number of hydrogen-bond donors (Lipinski definition) is 1. The largest absolute Gasteiger partial charge is 0.326 e. The SMILES string of the molecule is CCCCC1CCC(C(=O)Nc2cc(C)cc(C)c2)CC1. The predicted octanol–water partition coefficient (Wildman–Crippen LogP) is 5.24. The highest BCUT2D eigenvalue weighted by atomic mass is 16.1. The third-order valence-corrected chi connectivity index (χ3v) is 4.67. The summed E-state index contributed by atoms with van der Waals surface area (Å²) in [5.74, 6) is 1.29. The molecule has 1 aromatic rings. The number of amides is 1. The lowest BCUT2D eigenvalue weighted by Gasteiger charge is -2.27. The molecule has 0 unspecified atom stereocenters. The molecular formula is C19H29NO. The summed E-state index contributed by atoms with van der Waals surface area (Å²) in [5, 5.41) is 3.11. The standard InChI is InChI=1S/C19H29NO/c1-4-5-6-16-7-9-17(10-8-16)19(21)20-18-12-14(2)11-15(3)13-18/h11-13,16-17H,4-10H2,1-3H3,(H,20,21). The molecule has 0 atom stereocenters. The third-order valence-electron chi connectivity index (χ3n) is 4.67. The maximum atomic E-state index is 12.4. The van der Waals surface area contributed by atoms with E-state index in [9.17, 15) is 4.79 Å². The fourth-order valence-electron chi connectivity index (χ4n) is 3.50. The van der Waals surface area contributed by atoms with Crippen LogP contribution in [0.5, 0.6) is 0 Å². The van der Waals surface area contributed by atoms with Crippen molar-refractivity contribution in [3.63, 3.8) is 0 Å². The maximum Gasteiger partial charge on any atom is 0.227 e. The van der Waals surface area contributed by atoms with Crippen molar-refractivity contribution in [3.05, 3.63) is 29.3 Å². The molecule has 2 rings (SSSR count). The zero-order chi connectivity index (χ0) is 15.2. The van der Waals surface area contributed by atoms with Crippen molar-refractivity contribution >= 4 is 11.6 Å². The first-order valence-electron chi connectivity index (χ1n) is 8.47. The molecule has 1 aromatic carbocycles. The summed E-state index contributed by atoms with van der Waals surface area (Å²) in [4.78, 5) is 12.4. The summed E-state index contributed by atoms with van der Waals surface area (Å²) in [5.41, 5.74) is 3.35. The van der Waals surface area contributed by atoms with Crippen LogP contribution in [0.25, 0.3) is 0 Å². The molecule has 2 heteroatoms. The van der Waals surface area contributed by atoms with Crippen LogP contribution in [0.2, 0.25) is 0 Å². The molecule has 0 saturated heterocycles. The number of benzene rings is 1. The summed E-state index contributed by atoms with van der Waals surface area (Å²) in [6.45, 7) is 6.39. The summed E-state index contributed by atoms with van der Waals surface area (Å²) >= 11 is 0. The molecule has 0 aromatic heterocycles. The zero-order valence-electron chi connectivity index (χ0n) is 13.7. The average molecular weight is 287 g/mol. The molecule has 1 N–H and O–H groups in total. The van der Waals surface area contributed by atoms with Crippen LogP contribution >= 0.6 is 0 Å². The van der Waals surface area contributed by atoms with Gasteiger partial charge in [0.05, 0.1) is 0 Å². The smallest absolute Gasteiger partial charge is 0.227 e. The summed E-state index contributed by atoms with van der Waals surface area (Å²) in [6, 6.07) is 6.24. The Hall–Kier alpha value is -1.31. The van der Waals surface area contributed by atoms with Crippen LogP contribution < -0.4 is 5.32 Å². The molecule has 1 saturated carbocycles. The van der Waals surface area contributed by atoms with Gasteiger partial charge in [0, 0.05) is 11.6 Å². The van der Waals surface area contributed by atoms with Gasteiger partial charge in [-0.15, -0.1) is 0 Å². The predicted molar refractivity (Wildman–Crippen MR) is 89.5 cm³/mol. The second-order valence-electron chi connectivity index (χ2n) is 6.73. The van der Waals surface area contributed by atoms with E-state index in [1.165, 1.54) is 43.2 Å². The fourth-order valence-corrected chi connectivity index (χ4v) is 3.50. The highest BCUT2D eigenvalue weighted by molar-refractivity contribution is 5.92. The quantitative estimate of drug-likeness (QED) is 0.788. The first-order valence-corrected chi connectivity index (χ1v) is 8.47. The normalized spacial score (nSPS) is 22.0. The monoisotopic (exact) mass is 287 g/mol. The summed E-state index contributed by atoms with van der Waals surface area (Å²) < 4.78 is 0. The van der Waals surface area contributed by atoms with Crippen molar-refractivity contribution in [2.24, 2.45) is 11.8 Å². The molecule has 1 amide bonds. The summed E-state index contributed by atoms with van der Waals surface area (Å²) in [7, 11) is 0. The molecule has 0 aliphatic heterocycles. The van der Waals surface area contributed by atoms with Gasteiger partial charge in [0.2, 0.25) is 5.91 Å². The van der Waals surface area contributed by atoms with Crippen LogP contribution in [0, 0.1) is 25.7 Å². The van der Waals surface area contributed by atoms with E-state index in [4.69, 9.17) is 0 Å². The van der Waals surface area contributed by atoms with Gasteiger partial charge in [-0.2, -0.15) is 0 Å². The zero-order valence-corrected chi connectivity index (χ0v) is 13.7. The number of hydrogen-bond acceptors (Lipinski definition) is 1. The number of unbranched alkanes of at least 4 members (excludes halogenated alkanes) is 1. The van der Waals surface area contributed by atoms with E-state index in [1.54, 1.807) is 0 Å². The molecule has 0 radical (unpaired) electrons. The van der Waals surface area contributed by atoms with Crippen molar-refractivity contribution in [1.82, 2.24) is 0 Å². The molecule has 0 spiro atoms. The highest BCUT2D eigenvalue weighted by Crippen LogP contribution is 2.32. The Balaban J connectivity index is 1.84. The molecule has 0 heterocycles. The van der Waals surface area contributed by atoms with Crippen molar-refractivity contribution < 1.29 is 4.79 Å². The van der Waals surface area contributed by atoms with Crippen LogP contribution in [0.3, 0.4) is 0 Å². The van der Waals surface area contributed by atoms with Gasteiger partial charge < -0.3 is 5.32 Å². The Kier molecular flexibility index (Phi) is 5.84. The molecule has 116 valence electrons. The van der Waals surface area contributed by atoms with E-state index >= 15 is 0 Å². The molecule has 1 aliphatic rings. The van der Waals surface area contributed by atoms with Gasteiger partial charge in [0.15, 0.2) is 0 Å².